The van der Waals surface area contributed by atoms with Crippen molar-refractivity contribution in [2.24, 2.45) is 0 Å². The maximum atomic E-state index is 13.5. The first-order valence-electron chi connectivity index (χ1n) is 9.95. The molecule has 1 N–H and O–H groups in total. The monoisotopic (exact) mass is 374 g/mol. The smallest absolute Gasteiger partial charge is 0.123 e. The van der Waals surface area contributed by atoms with E-state index in [9.17, 15) is 9.50 Å². The topological polar surface area (TPSA) is 37.6 Å². The SMILES string of the molecule is COCC(O)CN(Cc1cccn1Cc1cccc(F)c1)C1CCCCC1. The zero-order chi connectivity index (χ0) is 19.1. The molecule has 1 aliphatic rings. The molecule has 1 atom stereocenters. The van der Waals surface area contributed by atoms with E-state index in [2.05, 4.69) is 15.5 Å². The normalized spacial score (nSPS) is 16.7. The molecule has 1 aromatic carbocycles. The van der Waals surface area contributed by atoms with Crippen LogP contribution in [0, 0.1) is 5.82 Å². The van der Waals surface area contributed by atoms with Gasteiger partial charge in [0.1, 0.15) is 5.82 Å². The number of aliphatic hydroxyl groups is 1. The summed E-state index contributed by atoms with van der Waals surface area (Å²) in [5.74, 6) is -0.201. The number of methoxy groups -OCH3 is 1. The second-order valence-electron chi connectivity index (χ2n) is 7.59. The number of aromatic nitrogens is 1. The number of hydrogen-bond donors (Lipinski definition) is 1. The van der Waals surface area contributed by atoms with Crippen molar-refractivity contribution in [3.8, 4) is 0 Å². The van der Waals surface area contributed by atoms with E-state index in [1.54, 1.807) is 19.2 Å². The third kappa shape index (κ3) is 5.89. The van der Waals surface area contributed by atoms with Gasteiger partial charge in [-0.3, -0.25) is 4.90 Å². The molecule has 0 bridgehead atoms. The molecule has 1 aromatic heterocycles. The van der Waals surface area contributed by atoms with Crippen LogP contribution in [0.3, 0.4) is 0 Å². The van der Waals surface area contributed by atoms with E-state index >= 15 is 0 Å². The zero-order valence-corrected chi connectivity index (χ0v) is 16.2. The van der Waals surface area contributed by atoms with Crippen molar-refractivity contribution in [1.82, 2.24) is 9.47 Å². The predicted molar refractivity (Wildman–Crippen MR) is 105 cm³/mol. The summed E-state index contributed by atoms with van der Waals surface area (Å²) in [6, 6.07) is 11.4. The van der Waals surface area contributed by atoms with Crippen LogP contribution in [0.1, 0.15) is 43.4 Å². The molecule has 2 aromatic rings. The van der Waals surface area contributed by atoms with Gasteiger partial charge >= 0.3 is 0 Å². The lowest BCUT2D eigenvalue weighted by Gasteiger charge is -2.35. The first kappa shape index (κ1) is 20.1. The Kier molecular flexibility index (Phi) is 7.44. The Balaban J connectivity index is 1.72. The molecule has 3 rings (SSSR count). The molecule has 4 nitrogen and oxygen atoms in total. The van der Waals surface area contributed by atoms with E-state index < -0.39 is 6.10 Å². The summed E-state index contributed by atoms with van der Waals surface area (Å²) >= 11 is 0. The van der Waals surface area contributed by atoms with Gasteiger partial charge in [0, 0.05) is 44.7 Å². The Morgan fingerprint density at radius 3 is 2.78 bits per heavy atom. The van der Waals surface area contributed by atoms with Crippen LogP contribution in [0.2, 0.25) is 0 Å². The van der Waals surface area contributed by atoms with Crippen LogP contribution in [0.4, 0.5) is 4.39 Å². The van der Waals surface area contributed by atoms with Crippen molar-refractivity contribution in [1.29, 1.82) is 0 Å². The molecule has 1 saturated carbocycles. The van der Waals surface area contributed by atoms with Crippen molar-refractivity contribution in [3.63, 3.8) is 0 Å². The van der Waals surface area contributed by atoms with Crippen molar-refractivity contribution in [2.45, 2.75) is 57.3 Å². The lowest BCUT2D eigenvalue weighted by atomic mass is 9.94. The van der Waals surface area contributed by atoms with E-state index in [1.165, 1.54) is 43.9 Å². The van der Waals surface area contributed by atoms with E-state index in [1.807, 2.05) is 18.3 Å². The summed E-state index contributed by atoms with van der Waals surface area (Å²) < 4.78 is 20.8. The van der Waals surface area contributed by atoms with E-state index in [-0.39, 0.29) is 5.82 Å². The molecule has 0 saturated heterocycles. The Morgan fingerprint density at radius 1 is 1.22 bits per heavy atom. The second-order valence-corrected chi connectivity index (χ2v) is 7.59. The first-order chi connectivity index (χ1) is 13.2. The van der Waals surface area contributed by atoms with Crippen molar-refractivity contribution >= 4 is 0 Å². The van der Waals surface area contributed by atoms with Crippen LogP contribution < -0.4 is 0 Å². The van der Waals surface area contributed by atoms with Gasteiger partial charge in [0.2, 0.25) is 0 Å². The zero-order valence-electron chi connectivity index (χ0n) is 16.2. The van der Waals surface area contributed by atoms with Crippen LogP contribution in [0.25, 0.3) is 0 Å². The maximum absolute atomic E-state index is 13.5. The van der Waals surface area contributed by atoms with E-state index in [0.29, 0.717) is 25.7 Å². The molecule has 1 unspecified atom stereocenters. The highest BCUT2D eigenvalue weighted by Crippen LogP contribution is 2.25. The summed E-state index contributed by atoms with van der Waals surface area (Å²) in [4.78, 5) is 2.40. The Labute approximate surface area is 161 Å². The third-order valence-electron chi connectivity index (χ3n) is 5.43. The Hall–Kier alpha value is -1.69. The lowest BCUT2D eigenvalue weighted by molar-refractivity contribution is 0.0174. The van der Waals surface area contributed by atoms with Gasteiger partial charge in [-0.05, 0) is 42.7 Å². The summed E-state index contributed by atoms with van der Waals surface area (Å²) in [7, 11) is 1.62. The number of benzene rings is 1. The minimum absolute atomic E-state index is 0.201. The number of hydrogen-bond acceptors (Lipinski definition) is 3. The van der Waals surface area contributed by atoms with Crippen LogP contribution in [0.5, 0.6) is 0 Å². The van der Waals surface area contributed by atoms with Crippen LogP contribution in [-0.4, -0.2) is 47.0 Å². The third-order valence-corrected chi connectivity index (χ3v) is 5.43. The highest BCUT2D eigenvalue weighted by Gasteiger charge is 2.24. The minimum atomic E-state index is -0.483. The standard InChI is InChI=1S/C22H31FN2O2/c1-27-17-22(26)16-25(20-9-3-2-4-10-20)15-21-11-6-12-24(21)14-18-7-5-8-19(23)13-18/h5-8,11-13,20,22,26H,2-4,9-10,14-17H2,1H3. The summed E-state index contributed by atoms with van der Waals surface area (Å²) in [6.45, 7) is 2.41. The van der Waals surface area contributed by atoms with Gasteiger partial charge < -0.3 is 14.4 Å². The highest BCUT2D eigenvalue weighted by atomic mass is 19.1. The quantitative estimate of drug-likeness (QED) is 0.725. The number of nitrogens with zero attached hydrogens (tertiary/aromatic N) is 2. The molecule has 0 spiro atoms. The largest absolute Gasteiger partial charge is 0.389 e. The molecule has 1 aliphatic carbocycles. The average Bonchev–Trinajstić information content (AvgIpc) is 3.09. The van der Waals surface area contributed by atoms with E-state index in [0.717, 1.165) is 12.1 Å². The van der Waals surface area contributed by atoms with Gasteiger partial charge in [0.15, 0.2) is 0 Å². The fraction of sp³-hybridized carbons (Fsp3) is 0.545. The van der Waals surface area contributed by atoms with Crippen molar-refractivity contribution in [2.75, 3.05) is 20.3 Å². The summed E-state index contributed by atoms with van der Waals surface area (Å²) in [6.07, 6.45) is 7.75. The van der Waals surface area contributed by atoms with Gasteiger partial charge in [0.05, 0.1) is 12.7 Å². The maximum Gasteiger partial charge on any atom is 0.123 e. The number of ether oxygens (including phenoxy) is 1. The summed E-state index contributed by atoms with van der Waals surface area (Å²) in [5, 5.41) is 10.3. The van der Waals surface area contributed by atoms with Gasteiger partial charge in [-0.25, -0.2) is 4.39 Å². The Bertz CT molecular complexity index is 697. The second kappa shape index (κ2) is 10.0. The molecule has 0 amide bonds. The average molecular weight is 375 g/mol. The van der Waals surface area contributed by atoms with Gasteiger partial charge in [-0.1, -0.05) is 31.4 Å². The highest BCUT2D eigenvalue weighted by molar-refractivity contribution is 5.19. The van der Waals surface area contributed by atoms with Crippen molar-refractivity contribution < 1.29 is 14.2 Å². The fourth-order valence-corrected chi connectivity index (χ4v) is 4.09. The van der Waals surface area contributed by atoms with Crippen LogP contribution >= 0.6 is 0 Å². The molecular formula is C22H31FN2O2. The van der Waals surface area contributed by atoms with Gasteiger partial charge in [-0.15, -0.1) is 0 Å². The van der Waals surface area contributed by atoms with Crippen molar-refractivity contribution in [3.05, 3.63) is 59.7 Å². The molecular weight excluding hydrogens is 343 g/mol. The number of aliphatic hydroxyl groups excluding tert-OH is 1. The van der Waals surface area contributed by atoms with E-state index in [4.69, 9.17) is 4.74 Å². The molecule has 148 valence electrons. The first-order valence-corrected chi connectivity index (χ1v) is 9.95. The van der Waals surface area contributed by atoms with Crippen LogP contribution in [0.15, 0.2) is 42.6 Å². The summed E-state index contributed by atoms with van der Waals surface area (Å²) in [5.41, 5.74) is 2.14. The van der Waals surface area contributed by atoms with Gasteiger partial charge in [0.25, 0.3) is 0 Å². The number of halogens is 1. The molecule has 1 heterocycles. The predicted octanol–water partition coefficient (Wildman–Crippen LogP) is 3.82. The fourth-order valence-electron chi connectivity index (χ4n) is 4.09. The molecule has 5 heteroatoms. The number of rotatable bonds is 9. The molecule has 0 radical (unpaired) electrons. The molecule has 27 heavy (non-hydrogen) atoms. The van der Waals surface area contributed by atoms with Gasteiger partial charge in [-0.2, -0.15) is 0 Å². The minimum Gasteiger partial charge on any atom is -0.389 e. The Morgan fingerprint density at radius 2 is 2.04 bits per heavy atom. The lowest BCUT2D eigenvalue weighted by Crippen LogP contribution is -2.42. The molecule has 0 aliphatic heterocycles. The van der Waals surface area contributed by atoms with Crippen LogP contribution in [-0.2, 0) is 17.8 Å². The molecule has 1 fully saturated rings.